The Balaban J connectivity index is 1.60. The quantitative estimate of drug-likeness (QED) is 0.880. The molecule has 2 atom stereocenters. The van der Waals surface area contributed by atoms with Crippen molar-refractivity contribution in [3.05, 3.63) is 23.2 Å². The normalized spacial score (nSPS) is 27.6. The molecular weight excluding hydrogens is 346 g/mol. The highest BCUT2D eigenvalue weighted by molar-refractivity contribution is 8.02. The first kappa shape index (κ1) is 17.9. The second-order valence-corrected chi connectivity index (χ2v) is 11.3. The summed E-state index contributed by atoms with van der Waals surface area (Å²) in [6, 6.07) is 1.99. The molecule has 5 nitrogen and oxygen atoms in total. The molecule has 1 N–H and O–H groups in total. The van der Waals surface area contributed by atoms with E-state index in [1.165, 1.54) is 11.8 Å². The van der Waals surface area contributed by atoms with E-state index in [1.54, 1.807) is 0 Å². The molecule has 7 heteroatoms. The Morgan fingerprint density at radius 3 is 2.88 bits per heavy atom. The summed E-state index contributed by atoms with van der Waals surface area (Å²) in [7, 11) is -2.89. The number of thioether (sulfide) groups is 1. The largest absolute Gasteiger partial charge is 0.466 e. The van der Waals surface area contributed by atoms with Crippen molar-refractivity contribution in [3.8, 4) is 0 Å². The molecular formula is C17H25NO4S2. The maximum Gasteiger partial charge on any atom is 0.230 e. The first-order chi connectivity index (χ1) is 11.1. The van der Waals surface area contributed by atoms with Gasteiger partial charge in [0.05, 0.1) is 23.3 Å². The number of amides is 1. The molecule has 0 radical (unpaired) electrons. The summed E-state index contributed by atoms with van der Waals surface area (Å²) in [4.78, 5) is 12.3. The Bertz CT molecular complexity index is 736. The molecule has 1 aliphatic carbocycles. The fourth-order valence-electron chi connectivity index (χ4n) is 3.64. The van der Waals surface area contributed by atoms with Crippen LogP contribution in [0.2, 0.25) is 0 Å². The minimum absolute atomic E-state index is 0.0263. The zero-order valence-electron chi connectivity index (χ0n) is 14.4. The molecule has 0 saturated carbocycles. The summed E-state index contributed by atoms with van der Waals surface area (Å²) in [5.41, 5.74) is 1.18. The fraction of sp³-hybridized carbons (Fsp3) is 0.706. The van der Waals surface area contributed by atoms with Crippen LogP contribution in [0.5, 0.6) is 0 Å². The van der Waals surface area contributed by atoms with Gasteiger partial charge in [-0.2, -0.15) is 0 Å². The van der Waals surface area contributed by atoms with E-state index in [0.717, 1.165) is 29.9 Å². The summed E-state index contributed by atoms with van der Waals surface area (Å²) >= 11 is 1.45. The van der Waals surface area contributed by atoms with Crippen LogP contribution in [0, 0.1) is 12.3 Å². The number of rotatable bonds is 4. The topological polar surface area (TPSA) is 76.4 Å². The number of nitrogens with one attached hydrogen (secondary N) is 1. The van der Waals surface area contributed by atoms with Crippen LogP contribution in [0.15, 0.2) is 10.5 Å². The van der Waals surface area contributed by atoms with Gasteiger partial charge < -0.3 is 9.73 Å². The smallest absolute Gasteiger partial charge is 0.230 e. The average Bonchev–Trinajstić information content (AvgIpc) is 2.97. The van der Waals surface area contributed by atoms with Gasteiger partial charge in [0.15, 0.2) is 9.84 Å². The first-order valence-corrected chi connectivity index (χ1v) is 11.2. The van der Waals surface area contributed by atoms with Gasteiger partial charge >= 0.3 is 0 Å². The Morgan fingerprint density at radius 1 is 1.46 bits per heavy atom. The summed E-state index contributed by atoms with van der Waals surface area (Å²) in [6.45, 7) is 6.30. The Labute approximate surface area is 147 Å². The maximum absolute atomic E-state index is 12.3. The Morgan fingerprint density at radius 2 is 2.21 bits per heavy atom. The van der Waals surface area contributed by atoms with Crippen molar-refractivity contribution >= 4 is 27.5 Å². The Hall–Kier alpha value is -0.950. The summed E-state index contributed by atoms with van der Waals surface area (Å²) in [5, 5.41) is 3.17. The van der Waals surface area contributed by atoms with Crippen molar-refractivity contribution in [1.82, 2.24) is 5.32 Å². The van der Waals surface area contributed by atoms with Gasteiger partial charge in [-0.05, 0) is 31.2 Å². The first-order valence-electron chi connectivity index (χ1n) is 8.34. The van der Waals surface area contributed by atoms with Gasteiger partial charge in [0.25, 0.3) is 0 Å². The second kappa shape index (κ2) is 6.41. The fourth-order valence-corrected chi connectivity index (χ4v) is 7.09. The maximum atomic E-state index is 12.3. The second-order valence-electron chi connectivity index (χ2n) is 7.74. The van der Waals surface area contributed by atoms with Gasteiger partial charge in [0.1, 0.15) is 11.5 Å². The van der Waals surface area contributed by atoms with E-state index in [0.29, 0.717) is 12.2 Å². The highest BCUT2D eigenvalue weighted by Crippen LogP contribution is 2.42. The van der Waals surface area contributed by atoms with Gasteiger partial charge in [-0.15, -0.1) is 11.8 Å². The van der Waals surface area contributed by atoms with Crippen molar-refractivity contribution in [2.45, 2.75) is 51.3 Å². The minimum atomic E-state index is -2.89. The van der Waals surface area contributed by atoms with E-state index in [4.69, 9.17) is 4.42 Å². The number of carbonyl (C=O) groups excluding carboxylic acids is 1. The van der Waals surface area contributed by atoms with Crippen LogP contribution in [-0.4, -0.2) is 36.8 Å². The van der Waals surface area contributed by atoms with Crippen LogP contribution >= 0.6 is 11.8 Å². The number of hydrogen-bond donors (Lipinski definition) is 1. The average molecular weight is 372 g/mol. The molecule has 0 bridgehead atoms. The summed E-state index contributed by atoms with van der Waals surface area (Å²) < 4.78 is 28.8. The minimum Gasteiger partial charge on any atom is -0.466 e. The molecule has 1 aromatic rings. The lowest BCUT2D eigenvalue weighted by Crippen LogP contribution is -2.37. The SMILES string of the molecule is Cc1cc2c(o1)CC(C)(C)C[C@H]2NC(=O)CS[C@@H]1CCS(=O)(=O)C1. The van der Waals surface area contributed by atoms with Crippen LogP contribution < -0.4 is 5.32 Å². The molecule has 0 aromatic carbocycles. The lowest BCUT2D eigenvalue weighted by molar-refractivity contribution is -0.119. The lowest BCUT2D eigenvalue weighted by Gasteiger charge is -2.34. The van der Waals surface area contributed by atoms with Gasteiger partial charge in [-0.3, -0.25) is 4.79 Å². The van der Waals surface area contributed by atoms with Crippen molar-refractivity contribution < 1.29 is 17.6 Å². The van der Waals surface area contributed by atoms with Crippen molar-refractivity contribution in [3.63, 3.8) is 0 Å². The molecule has 2 aliphatic rings. The molecule has 0 unspecified atom stereocenters. The molecule has 1 fully saturated rings. The third-order valence-electron chi connectivity index (χ3n) is 4.71. The van der Waals surface area contributed by atoms with Crippen LogP contribution in [0.25, 0.3) is 0 Å². The van der Waals surface area contributed by atoms with Gasteiger partial charge in [0, 0.05) is 17.2 Å². The van der Waals surface area contributed by atoms with Crippen LogP contribution in [0.3, 0.4) is 0 Å². The lowest BCUT2D eigenvalue weighted by atomic mass is 9.75. The number of sulfone groups is 1. The molecule has 2 heterocycles. The predicted molar refractivity (Wildman–Crippen MR) is 95.9 cm³/mol. The molecule has 3 rings (SSSR count). The Kier molecular flexibility index (Phi) is 4.77. The van der Waals surface area contributed by atoms with E-state index in [-0.39, 0.29) is 34.1 Å². The van der Waals surface area contributed by atoms with Crippen molar-refractivity contribution in [2.75, 3.05) is 17.3 Å². The molecule has 24 heavy (non-hydrogen) atoms. The van der Waals surface area contributed by atoms with Gasteiger partial charge in [-0.25, -0.2) is 8.42 Å². The zero-order chi connectivity index (χ0) is 17.5. The molecule has 1 aliphatic heterocycles. The monoisotopic (exact) mass is 371 g/mol. The number of furan rings is 1. The summed E-state index contributed by atoms with van der Waals surface area (Å²) in [6.07, 6.45) is 2.42. The molecule has 1 saturated heterocycles. The highest BCUT2D eigenvalue weighted by atomic mass is 32.2. The van der Waals surface area contributed by atoms with Gasteiger partial charge in [0.2, 0.25) is 5.91 Å². The van der Waals surface area contributed by atoms with E-state index < -0.39 is 9.84 Å². The zero-order valence-corrected chi connectivity index (χ0v) is 16.1. The van der Waals surface area contributed by atoms with E-state index in [2.05, 4.69) is 19.2 Å². The standard InChI is InChI=1S/C17H25NO4S2/c1-11-6-13-14(7-17(2,3)8-15(13)22-11)18-16(19)9-23-12-4-5-24(20,21)10-12/h6,12,14H,4-5,7-10H2,1-3H3,(H,18,19)/t12-,14-/m1/s1. The third kappa shape index (κ3) is 4.17. The van der Waals surface area contributed by atoms with E-state index >= 15 is 0 Å². The van der Waals surface area contributed by atoms with Crippen LogP contribution in [0.1, 0.15) is 49.8 Å². The third-order valence-corrected chi connectivity index (χ3v) is 7.99. The van der Waals surface area contributed by atoms with Gasteiger partial charge in [-0.1, -0.05) is 13.8 Å². The highest BCUT2D eigenvalue weighted by Gasteiger charge is 2.36. The van der Waals surface area contributed by atoms with Crippen molar-refractivity contribution in [1.29, 1.82) is 0 Å². The summed E-state index contributed by atoms with van der Waals surface area (Å²) in [5.74, 6) is 2.58. The number of fused-ring (bicyclic) bond motifs is 1. The predicted octanol–water partition coefficient (Wildman–Crippen LogP) is 2.64. The van der Waals surface area contributed by atoms with Crippen LogP contribution in [0.4, 0.5) is 0 Å². The molecule has 134 valence electrons. The molecule has 1 aromatic heterocycles. The molecule has 0 spiro atoms. The number of hydrogen-bond acceptors (Lipinski definition) is 5. The number of carbonyl (C=O) groups is 1. The molecule has 1 amide bonds. The van der Waals surface area contributed by atoms with Crippen molar-refractivity contribution in [2.24, 2.45) is 5.41 Å². The van der Waals surface area contributed by atoms with E-state index in [9.17, 15) is 13.2 Å². The van der Waals surface area contributed by atoms with Crippen LogP contribution in [-0.2, 0) is 21.1 Å². The van der Waals surface area contributed by atoms with E-state index in [1.807, 2.05) is 13.0 Å². The number of aryl methyl sites for hydroxylation is 1.